The molecule has 2 atom stereocenters. The van der Waals surface area contributed by atoms with E-state index in [-0.39, 0.29) is 23.4 Å². The van der Waals surface area contributed by atoms with Gasteiger partial charge in [-0.2, -0.15) is 13.2 Å². The summed E-state index contributed by atoms with van der Waals surface area (Å²) < 4.78 is 45.7. The number of aromatic nitrogens is 2. The zero-order chi connectivity index (χ0) is 28.4. The van der Waals surface area contributed by atoms with E-state index in [0.29, 0.717) is 44.3 Å². The standard InChI is InChI=1S/C28H27F3N4O5/c29-28(30,31)23-22(34-25(40-23)17-5-2-1-3-6-17)24(36)33-18-9-10-21(32-15-18)16-11-13-35(14-12-16)26(37)19-7-4-8-20(19)27(38)39/h1-3,5-6,9-10,15-16,19-20H,4,7-8,11-14H2,(H,33,36)(H,38,39)/t19-,20-/m0/s1. The number of rotatable bonds is 6. The van der Waals surface area contributed by atoms with Gasteiger partial charge in [-0.05, 0) is 49.9 Å². The maximum absolute atomic E-state index is 13.6. The van der Waals surface area contributed by atoms with E-state index in [2.05, 4.69) is 15.3 Å². The molecule has 0 spiro atoms. The Morgan fingerprint density at radius 2 is 1.68 bits per heavy atom. The van der Waals surface area contributed by atoms with Crippen LogP contribution in [0, 0.1) is 11.8 Å². The number of carboxylic acid groups (broad SMARTS) is 1. The summed E-state index contributed by atoms with van der Waals surface area (Å²) in [6.07, 6.45) is -0.410. The molecule has 1 aliphatic carbocycles. The van der Waals surface area contributed by atoms with Gasteiger partial charge in [-0.25, -0.2) is 4.98 Å². The minimum atomic E-state index is -4.92. The number of piperidine rings is 1. The third-order valence-corrected chi connectivity index (χ3v) is 7.54. The number of anilines is 1. The van der Waals surface area contributed by atoms with E-state index < -0.39 is 41.3 Å². The molecule has 1 saturated carbocycles. The molecule has 2 N–H and O–H groups in total. The number of carboxylic acids is 1. The van der Waals surface area contributed by atoms with Gasteiger partial charge in [0.25, 0.3) is 5.91 Å². The van der Waals surface area contributed by atoms with Crippen LogP contribution in [0.25, 0.3) is 11.5 Å². The van der Waals surface area contributed by atoms with Gasteiger partial charge >= 0.3 is 12.1 Å². The topological polar surface area (TPSA) is 126 Å². The van der Waals surface area contributed by atoms with Gasteiger partial charge in [0, 0.05) is 30.3 Å². The van der Waals surface area contributed by atoms with E-state index in [0.717, 1.165) is 12.1 Å². The monoisotopic (exact) mass is 556 g/mol. The number of carbonyl (C=O) groups is 3. The van der Waals surface area contributed by atoms with Gasteiger partial charge in [-0.1, -0.05) is 24.6 Å². The van der Waals surface area contributed by atoms with E-state index in [9.17, 15) is 32.7 Å². The zero-order valence-corrected chi connectivity index (χ0v) is 21.4. The molecule has 3 heterocycles. The second-order valence-corrected chi connectivity index (χ2v) is 10.1. The number of nitrogens with zero attached hydrogens (tertiary/aromatic N) is 3. The average molecular weight is 557 g/mol. The fourth-order valence-electron chi connectivity index (χ4n) is 5.46. The van der Waals surface area contributed by atoms with Gasteiger partial charge in [0.05, 0.1) is 23.7 Å². The van der Waals surface area contributed by atoms with Crippen molar-refractivity contribution in [3.05, 3.63) is 65.8 Å². The number of halogens is 3. The summed E-state index contributed by atoms with van der Waals surface area (Å²) in [7, 11) is 0. The van der Waals surface area contributed by atoms with Crippen molar-refractivity contribution >= 4 is 23.5 Å². The molecule has 2 aliphatic rings. The number of hydrogen-bond donors (Lipinski definition) is 2. The summed E-state index contributed by atoms with van der Waals surface area (Å²) in [4.78, 5) is 47.1. The minimum absolute atomic E-state index is 0.0495. The number of hydrogen-bond acceptors (Lipinski definition) is 6. The van der Waals surface area contributed by atoms with Crippen molar-refractivity contribution in [2.24, 2.45) is 11.8 Å². The van der Waals surface area contributed by atoms with Crippen LogP contribution in [0.5, 0.6) is 0 Å². The van der Waals surface area contributed by atoms with Crippen molar-refractivity contribution < 1.29 is 37.1 Å². The summed E-state index contributed by atoms with van der Waals surface area (Å²) >= 11 is 0. The summed E-state index contributed by atoms with van der Waals surface area (Å²) in [5.41, 5.74) is 0.355. The van der Waals surface area contributed by atoms with E-state index in [1.54, 1.807) is 35.2 Å². The smallest absolute Gasteiger partial charge is 0.452 e. The second kappa shape index (κ2) is 11.1. The van der Waals surface area contributed by atoms with Crippen LogP contribution in [0.3, 0.4) is 0 Å². The Balaban J connectivity index is 1.22. The average Bonchev–Trinajstić information content (AvgIpc) is 3.62. The fraction of sp³-hybridized carbons (Fsp3) is 0.393. The molecule has 2 fully saturated rings. The fourth-order valence-corrected chi connectivity index (χ4v) is 5.46. The number of likely N-dealkylation sites (tertiary alicyclic amines) is 1. The van der Waals surface area contributed by atoms with Gasteiger partial charge in [0.15, 0.2) is 5.69 Å². The van der Waals surface area contributed by atoms with Crippen LogP contribution >= 0.6 is 0 Å². The summed E-state index contributed by atoms with van der Waals surface area (Å²) in [6, 6.07) is 11.2. The van der Waals surface area contributed by atoms with Crippen LogP contribution in [0.2, 0.25) is 0 Å². The Morgan fingerprint density at radius 1 is 0.975 bits per heavy atom. The molecular formula is C28H27F3N4O5. The highest BCUT2D eigenvalue weighted by atomic mass is 19.4. The molecule has 5 rings (SSSR count). The zero-order valence-electron chi connectivity index (χ0n) is 21.4. The van der Waals surface area contributed by atoms with Crippen molar-refractivity contribution in [2.45, 2.75) is 44.2 Å². The van der Waals surface area contributed by atoms with Gasteiger partial charge in [0.2, 0.25) is 17.6 Å². The molecule has 0 radical (unpaired) electrons. The number of benzene rings is 1. The van der Waals surface area contributed by atoms with Crippen LogP contribution < -0.4 is 5.32 Å². The Morgan fingerprint density at radius 3 is 2.30 bits per heavy atom. The number of aliphatic carboxylic acids is 1. The third-order valence-electron chi connectivity index (χ3n) is 7.54. The first-order valence-electron chi connectivity index (χ1n) is 13.0. The highest BCUT2D eigenvalue weighted by molar-refractivity contribution is 6.03. The number of oxazole rings is 1. The van der Waals surface area contributed by atoms with Crippen LogP contribution in [0.1, 0.15) is 60.0 Å². The van der Waals surface area contributed by atoms with Gasteiger partial charge in [-0.3, -0.25) is 19.4 Å². The number of amides is 2. The van der Waals surface area contributed by atoms with Crippen molar-refractivity contribution in [3.8, 4) is 11.5 Å². The molecule has 12 heteroatoms. The molecule has 2 aromatic heterocycles. The maximum Gasteiger partial charge on any atom is 0.452 e. The number of carbonyl (C=O) groups excluding carboxylic acids is 2. The summed E-state index contributed by atoms with van der Waals surface area (Å²) in [5, 5.41) is 11.8. The Bertz CT molecular complexity index is 1380. The summed E-state index contributed by atoms with van der Waals surface area (Å²) in [6.45, 7) is 0.977. The lowest BCUT2D eigenvalue weighted by molar-refractivity contribution is -0.153. The lowest BCUT2D eigenvalue weighted by Gasteiger charge is -2.34. The minimum Gasteiger partial charge on any atom is -0.481 e. The Kier molecular flexibility index (Phi) is 7.59. The molecule has 0 bridgehead atoms. The molecule has 3 aromatic rings. The predicted octanol–water partition coefficient (Wildman–Crippen LogP) is 5.21. The normalized spacial score (nSPS) is 19.9. The first-order valence-corrected chi connectivity index (χ1v) is 13.0. The predicted molar refractivity (Wildman–Crippen MR) is 136 cm³/mol. The van der Waals surface area contributed by atoms with Gasteiger partial charge < -0.3 is 19.7 Å². The molecule has 210 valence electrons. The van der Waals surface area contributed by atoms with Crippen LogP contribution in [-0.2, 0) is 15.8 Å². The first-order chi connectivity index (χ1) is 19.1. The molecule has 1 saturated heterocycles. The summed E-state index contributed by atoms with van der Waals surface area (Å²) in [5.74, 6) is -4.94. The second-order valence-electron chi connectivity index (χ2n) is 10.1. The van der Waals surface area contributed by atoms with Crippen molar-refractivity contribution in [1.29, 1.82) is 0 Å². The molecule has 0 unspecified atom stereocenters. The third kappa shape index (κ3) is 5.70. The molecular weight excluding hydrogens is 529 g/mol. The highest BCUT2D eigenvalue weighted by Gasteiger charge is 2.42. The molecule has 40 heavy (non-hydrogen) atoms. The van der Waals surface area contributed by atoms with Crippen molar-refractivity contribution in [1.82, 2.24) is 14.9 Å². The van der Waals surface area contributed by atoms with Crippen molar-refractivity contribution in [3.63, 3.8) is 0 Å². The van der Waals surface area contributed by atoms with E-state index >= 15 is 0 Å². The molecule has 1 aliphatic heterocycles. The van der Waals surface area contributed by atoms with Gasteiger partial charge in [-0.15, -0.1) is 0 Å². The largest absolute Gasteiger partial charge is 0.481 e. The first kappa shape index (κ1) is 27.4. The van der Waals surface area contributed by atoms with Gasteiger partial charge in [0.1, 0.15) is 0 Å². The SMILES string of the molecule is O=C(Nc1ccc(C2CCN(C(=O)[C@H]3CCC[C@@H]3C(=O)O)CC2)nc1)c1nc(-c2ccccc2)oc1C(F)(F)F. The molecule has 9 nitrogen and oxygen atoms in total. The van der Waals surface area contributed by atoms with Crippen LogP contribution in [0.15, 0.2) is 53.1 Å². The quantitative estimate of drug-likeness (QED) is 0.427. The lowest BCUT2D eigenvalue weighted by atomic mass is 9.90. The molecule has 2 amide bonds. The number of pyridine rings is 1. The number of nitrogens with one attached hydrogen (secondary N) is 1. The highest BCUT2D eigenvalue weighted by Crippen LogP contribution is 2.37. The van der Waals surface area contributed by atoms with Crippen LogP contribution in [-0.4, -0.2) is 50.8 Å². The van der Waals surface area contributed by atoms with E-state index in [4.69, 9.17) is 4.42 Å². The molecule has 1 aromatic carbocycles. The Labute approximate surface area is 227 Å². The van der Waals surface area contributed by atoms with E-state index in [1.807, 2.05) is 0 Å². The Hall–Kier alpha value is -4.22. The van der Waals surface area contributed by atoms with Crippen molar-refractivity contribution in [2.75, 3.05) is 18.4 Å². The number of alkyl halides is 3. The van der Waals surface area contributed by atoms with E-state index in [1.165, 1.54) is 18.3 Å². The maximum atomic E-state index is 13.6. The van der Waals surface area contributed by atoms with Crippen LogP contribution in [0.4, 0.5) is 18.9 Å². The lowest BCUT2D eigenvalue weighted by Crippen LogP contribution is -2.43.